The van der Waals surface area contributed by atoms with E-state index in [1.807, 2.05) is 25.1 Å². The van der Waals surface area contributed by atoms with Gasteiger partial charge in [0.2, 0.25) is 0 Å². The zero-order chi connectivity index (χ0) is 15.1. The van der Waals surface area contributed by atoms with E-state index in [1.165, 1.54) is 0 Å². The van der Waals surface area contributed by atoms with Crippen LogP contribution in [0.5, 0.6) is 5.75 Å². The fraction of sp³-hybridized carbons (Fsp3) is 0.333. The molecular weight excluding hydrogens is 304 g/mol. The molecule has 1 aromatic carbocycles. The average molecular weight is 320 g/mol. The van der Waals surface area contributed by atoms with Crippen LogP contribution in [-0.2, 0) is 5.75 Å². The fourth-order valence-electron chi connectivity index (χ4n) is 1.67. The molecule has 0 aliphatic rings. The van der Waals surface area contributed by atoms with Crippen LogP contribution in [0.25, 0.3) is 0 Å². The van der Waals surface area contributed by atoms with Gasteiger partial charge in [-0.15, -0.1) is 10.2 Å². The number of nitrogens with zero attached hydrogens (tertiary/aromatic N) is 2. The van der Waals surface area contributed by atoms with Gasteiger partial charge in [0.25, 0.3) is 0 Å². The summed E-state index contributed by atoms with van der Waals surface area (Å²) in [5, 5.41) is 17.8. The molecule has 1 N–H and O–H groups in total. The second-order valence-corrected chi connectivity index (χ2v) is 6.58. The van der Waals surface area contributed by atoms with Crippen LogP contribution in [-0.4, -0.2) is 29.0 Å². The van der Waals surface area contributed by atoms with Crippen LogP contribution < -0.4 is 4.74 Å². The zero-order valence-corrected chi connectivity index (χ0v) is 13.6. The van der Waals surface area contributed by atoms with Crippen molar-refractivity contribution in [2.24, 2.45) is 0 Å². The van der Waals surface area contributed by atoms with Crippen LogP contribution in [0.1, 0.15) is 22.6 Å². The smallest absolute Gasteiger partial charge is 0.174 e. The van der Waals surface area contributed by atoms with Crippen LogP contribution >= 0.6 is 23.1 Å². The van der Waals surface area contributed by atoms with Gasteiger partial charge in [0.1, 0.15) is 10.8 Å². The van der Waals surface area contributed by atoms with Crippen LogP contribution in [0.4, 0.5) is 0 Å². The van der Waals surface area contributed by atoms with Crippen LogP contribution in [0, 0.1) is 18.8 Å². The summed E-state index contributed by atoms with van der Waals surface area (Å²) in [5.74, 6) is 7.57. The Balaban J connectivity index is 2.12. The van der Waals surface area contributed by atoms with Gasteiger partial charge in [0.15, 0.2) is 4.34 Å². The van der Waals surface area contributed by atoms with Gasteiger partial charge in [0.05, 0.1) is 13.7 Å². The largest absolute Gasteiger partial charge is 0.496 e. The summed E-state index contributed by atoms with van der Waals surface area (Å²) in [6.45, 7) is 2.03. The summed E-state index contributed by atoms with van der Waals surface area (Å²) in [5.41, 5.74) is 2.00. The Kier molecular flexibility index (Phi) is 6.05. The normalized spacial score (nSPS) is 10.0. The number of benzene rings is 1. The SMILES string of the molecule is COc1ccc(C#CCCO)cc1CSc1nnc(C)s1. The third kappa shape index (κ3) is 4.74. The number of aromatic nitrogens is 2. The minimum absolute atomic E-state index is 0.0856. The van der Waals surface area contributed by atoms with Gasteiger partial charge in [-0.1, -0.05) is 34.9 Å². The molecule has 0 bridgehead atoms. The lowest BCUT2D eigenvalue weighted by Crippen LogP contribution is -1.91. The third-order valence-electron chi connectivity index (χ3n) is 2.61. The van der Waals surface area contributed by atoms with Crippen LogP contribution in [0.3, 0.4) is 0 Å². The lowest BCUT2D eigenvalue weighted by Gasteiger charge is -2.07. The Hall–Kier alpha value is -1.55. The maximum atomic E-state index is 8.76. The van der Waals surface area contributed by atoms with Crippen molar-refractivity contribution in [1.29, 1.82) is 0 Å². The Labute approximate surface area is 132 Å². The first kappa shape index (κ1) is 15.8. The van der Waals surface area contributed by atoms with Gasteiger partial charge in [0, 0.05) is 23.3 Å². The lowest BCUT2D eigenvalue weighted by molar-refractivity contribution is 0.305. The molecule has 110 valence electrons. The Bertz CT molecular complexity index is 659. The molecule has 6 heteroatoms. The van der Waals surface area contributed by atoms with E-state index in [1.54, 1.807) is 30.2 Å². The molecule has 2 aromatic rings. The van der Waals surface area contributed by atoms with Crippen molar-refractivity contribution >= 4 is 23.1 Å². The van der Waals surface area contributed by atoms with Gasteiger partial charge < -0.3 is 9.84 Å². The molecule has 1 aromatic heterocycles. The average Bonchev–Trinajstić information content (AvgIpc) is 2.91. The highest BCUT2D eigenvalue weighted by molar-refractivity contribution is 8.00. The van der Waals surface area contributed by atoms with Gasteiger partial charge in [-0.3, -0.25) is 0 Å². The van der Waals surface area contributed by atoms with E-state index in [2.05, 4.69) is 22.0 Å². The maximum absolute atomic E-state index is 8.76. The highest BCUT2D eigenvalue weighted by Gasteiger charge is 2.07. The minimum Gasteiger partial charge on any atom is -0.496 e. The Morgan fingerprint density at radius 3 is 2.90 bits per heavy atom. The standard InChI is InChI=1S/C15H16N2O2S2/c1-11-16-17-15(21-11)20-10-13-9-12(5-3-4-8-18)6-7-14(13)19-2/h6-7,9,18H,4,8,10H2,1-2H3. The summed E-state index contributed by atoms with van der Waals surface area (Å²) in [4.78, 5) is 0. The second kappa shape index (κ2) is 8.03. The summed E-state index contributed by atoms with van der Waals surface area (Å²) in [6.07, 6.45) is 0.486. The number of aryl methyl sites for hydroxylation is 1. The zero-order valence-electron chi connectivity index (χ0n) is 11.9. The Morgan fingerprint density at radius 2 is 2.24 bits per heavy atom. The number of methoxy groups -OCH3 is 1. The van der Waals surface area contributed by atoms with Gasteiger partial charge in [-0.2, -0.15) is 0 Å². The monoisotopic (exact) mass is 320 g/mol. The van der Waals surface area contributed by atoms with Gasteiger partial charge in [-0.25, -0.2) is 0 Å². The molecule has 0 aliphatic heterocycles. The van der Waals surface area contributed by atoms with E-state index >= 15 is 0 Å². The molecule has 0 amide bonds. The number of hydrogen-bond acceptors (Lipinski definition) is 6. The summed E-state index contributed by atoms with van der Waals surface area (Å²) >= 11 is 3.22. The first-order valence-electron chi connectivity index (χ1n) is 6.42. The number of rotatable bonds is 5. The Morgan fingerprint density at radius 1 is 1.38 bits per heavy atom. The summed E-state index contributed by atoms with van der Waals surface area (Å²) in [7, 11) is 1.66. The van der Waals surface area contributed by atoms with E-state index in [0.717, 1.165) is 32.0 Å². The summed E-state index contributed by atoms with van der Waals surface area (Å²) < 4.78 is 6.34. The van der Waals surface area contributed by atoms with Gasteiger partial charge in [-0.05, 0) is 25.1 Å². The first-order valence-corrected chi connectivity index (χ1v) is 8.22. The number of thioether (sulfide) groups is 1. The fourth-order valence-corrected chi connectivity index (χ4v) is 3.46. The van der Waals surface area contributed by atoms with Crippen molar-refractivity contribution in [3.63, 3.8) is 0 Å². The molecule has 0 saturated heterocycles. The molecule has 0 spiro atoms. The third-order valence-corrected chi connectivity index (χ3v) is 4.63. The highest BCUT2D eigenvalue weighted by atomic mass is 32.2. The molecule has 2 rings (SSSR count). The van der Waals surface area contributed by atoms with Crippen molar-refractivity contribution in [1.82, 2.24) is 10.2 Å². The molecule has 0 unspecified atom stereocenters. The van der Waals surface area contributed by atoms with Gasteiger partial charge >= 0.3 is 0 Å². The highest BCUT2D eigenvalue weighted by Crippen LogP contribution is 2.30. The topological polar surface area (TPSA) is 55.2 Å². The molecule has 0 atom stereocenters. The quantitative estimate of drug-likeness (QED) is 0.678. The van der Waals surface area contributed by atoms with Crippen LogP contribution in [0.15, 0.2) is 22.5 Å². The maximum Gasteiger partial charge on any atom is 0.174 e. The molecule has 0 aliphatic carbocycles. The van der Waals surface area contributed by atoms with E-state index in [0.29, 0.717) is 6.42 Å². The molecule has 0 radical (unpaired) electrons. The number of ether oxygens (including phenoxy) is 1. The first-order chi connectivity index (χ1) is 10.2. The van der Waals surface area contributed by atoms with Crippen molar-refractivity contribution in [3.8, 4) is 17.6 Å². The minimum atomic E-state index is 0.0856. The number of hydrogen-bond donors (Lipinski definition) is 1. The predicted octanol–water partition coefficient (Wildman–Crippen LogP) is 2.88. The van der Waals surface area contributed by atoms with E-state index < -0.39 is 0 Å². The number of aliphatic hydroxyl groups excluding tert-OH is 1. The molecule has 21 heavy (non-hydrogen) atoms. The van der Waals surface area contributed by atoms with E-state index in [4.69, 9.17) is 9.84 Å². The van der Waals surface area contributed by atoms with Crippen molar-refractivity contribution in [2.45, 2.75) is 23.4 Å². The second-order valence-electron chi connectivity index (χ2n) is 4.18. The molecular formula is C15H16N2O2S2. The molecule has 0 saturated carbocycles. The van der Waals surface area contributed by atoms with E-state index in [-0.39, 0.29) is 6.61 Å². The summed E-state index contributed by atoms with van der Waals surface area (Å²) in [6, 6.07) is 5.86. The lowest BCUT2D eigenvalue weighted by atomic mass is 10.1. The number of aliphatic hydroxyl groups is 1. The van der Waals surface area contributed by atoms with Crippen molar-refractivity contribution in [3.05, 3.63) is 34.3 Å². The molecule has 1 heterocycles. The molecule has 4 nitrogen and oxygen atoms in total. The van der Waals surface area contributed by atoms with Crippen molar-refractivity contribution < 1.29 is 9.84 Å². The molecule has 0 fully saturated rings. The van der Waals surface area contributed by atoms with Crippen molar-refractivity contribution in [2.75, 3.05) is 13.7 Å². The predicted molar refractivity (Wildman–Crippen MR) is 85.8 cm³/mol. The van der Waals surface area contributed by atoms with Crippen LogP contribution in [0.2, 0.25) is 0 Å². The van der Waals surface area contributed by atoms with E-state index in [9.17, 15) is 0 Å².